The van der Waals surface area contributed by atoms with E-state index in [0.717, 1.165) is 24.0 Å². The van der Waals surface area contributed by atoms with E-state index in [0.29, 0.717) is 36.2 Å². The van der Waals surface area contributed by atoms with Crippen LogP contribution in [0, 0.1) is 19.8 Å². The van der Waals surface area contributed by atoms with Gasteiger partial charge in [0.25, 0.3) is 0 Å². The highest BCUT2D eigenvalue weighted by molar-refractivity contribution is 7.89. The Balaban J connectivity index is 2.20. The molecule has 118 valence electrons. The van der Waals surface area contributed by atoms with Gasteiger partial charge in [0.1, 0.15) is 0 Å². The Hall–Kier alpha value is -1.11. The normalized spacial score (nSPS) is 18.0. The first-order chi connectivity index (χ1) is 9.86. The Kier molecular flexibility index (Phi) is 4.91. The number of hydrogen-bond acceptors (Lipinski definition) is 4. The Labute approximate surface area is 127 Å². The summed E-state index contributed by atoms with van der Waals surface area (Å²) in [6.45, 7) is 5.57. The molecule has 0 amide bonds. The summed E-state index contributed by atoms with van der Waals surface area (Å²) >= 11 is 0. The average molecular weight is 312 g/mol. The van der Waals surface area contributed by atoms with Crippen LogP contribution < -0.4 is 5.73 Å². The molecule has 0 unspecified atom stereocenters. The summed E-state index contributed by atoms with van der Waals surface area (Å²) in [5.74, 6) is 0.450. The van der Waals surface area contributed by atoms with Gasteiger partial charge in [-0.3, -0.25) is 0 Å². The van der Waals surface area contributed by atoms with Crippen molar-refractivity contribution < 1.29 is 13.2 Å². The Morgan fingerprint density at radius 3 is 2.43 bits per heavy atom. The number of nitrogens with two attached hydrogens (primary N) is 1. The molecule has 0 aliphatic carbocycles. The van der Waals surface area contributed by atoms with Gasteiger partial charge in [-0.15, -0.1) is 0 Å². The van der Waals surface area contributed by atoms with Gasteiger partial charge in [-0.2, -0.15) is 4.31 Å². The van der Waals surface area contributed by atoms with E-state index in [1.54, 1.807) is 23.5 Å². The predicted molar refractivity (Wildman–Crippen MR) is 83.7 cm³/mol. The maximum absolute atomic E-state index is 12.7. The summed E-state index contributed by atoms with van der Waals surface area (Å²) < 4.78 is 32.1. The fourth-order valence-corrected chi connectivity index (χ4v) is 4.29. The van der Waals surface area contributed by atoms with E-state index >= 15 is 0 Å². The number of benzene rings is 1. The highest BCUT2D eigenvalue weighted by Crippen LogP contribution is 2.27. The minimum atomic E-state index is -3.45. The van der Waals surface area contributed by atoms with Gasteiger partial charge in [0, 0.05) is 32.5 Å². The van der Waals surface area contributed by atoms with Gasteiger partial charge < -0.3 is 10.5 Å². The Bertz CT molecular complexity index is 582. The maximum Gasteiger partial charge on any atom is 0.243 e. The van der Waals surface area contributed by atoms with E-state index in [1.165, 1.54) is 0 Å². The Morgan fingerprint density at radius 1 is 1.29 bits per heavy atom. The number of nitrogen functional groups attached to an aromatic ring is 1. The second kappa shape index (κ2) is 6.34. The number of ether oxygens (including phenoxy) is 1. The second-order valence-electron chi connectivity index (χ2n) is 5.76. The molecule has 1 fully saturated rings. The van der Waals surface area contributed by atoms with Crippen molar-refractivity contribution in [1.29, 1.82) is 0 Å². The fraction of sp³-hybridized carbons (Fsp3) is 0.600. The molecule has 0 aromatic heterocycles. The summed E-state index contributed by atoms with van der Waals surface area (Å²) in [6, 6.07) is 3.28. The van der Waals surface area contributed by atoms with Crippen LogP contribution in [0.3, 0.4) is 0 Å². The lowest BCUT2D eigenvalue weighted by molar-refractivity contribution is 0.121. The molecule has 0 spiro atoms. The number of anilines is 1. The first-order valence-corrected chi connectivity index (χ1v) is 8.66. The van der Waals surface area contributed by atoms with E-state index in [4.69, 9.17) is 10.5 Å². The van der Waals surface area contributed by atoms with Crippen LogP contribution in [0.15, 0.2) is 17.0 Å². The third-order valence-corrected chi connectivity index (χ3v) is 6.17. The van der Waals surface area contributed by atoms with E-state index in [2.05, 4.69) is 0 Å². The molecule has 1 heterocycles. The molecule has 1 aliphatic rings. The number of sulfonamides is 1. The average Bonchev–Trinajstić information content (AvgIpc) is 2.45. The van der Waals surface area contributed by atoms with Crippen LogP contribution >= 0.6 is 0 Å². The number of nitrogens with zero attached hydrogens (tertiary/aromatic N) is 1. The molecule has 0 saturated carbocycles. The van der Waals surface area contributed by atoms with Gasteiger partial charge >= 0.3 is 0 Å². The second-order valence-corrected chi connectivity index (χ2v) is 7.70. The van der Waals surface area contributed by atoms with Crippen LogP contribution in [-0.4, -0.2) is 39.5 Å². The number of piperidine rings is 1. The molecular weight excluding hydrogens is 288 g/mol. The smallest absolute Gasteiger partial charge is 0.243 e. The number of aryl methyl sites for hydroxylation is 1. The Morgan fingerprint density at radius 2 is 1.90 bits per heavy atom. The zero-order chi connectivity index (χ0) is 15.6. The number of methoxy groups -OCH3 is 1. The molecular formula is C15H24N2O3S. The minimum absolute atomic E-state index is 0.299. The quantitative estimate of drug-likeness (QED) is 0.862. The summed E-state index contributed by atoms with van der Waals surface area (Å²) in [4.78, 5) is 0.299. The van der Waals surface area contributed by atoms with Crippen LogP contribution in [0.25, 0.3) is 0 Å². The van der Waals surface area contributed by atoms with E-state index < -0.39 is 10.0 Å². The van der Waals surface area contributed by atoms with Gasteiger partial charge in [-0.1, -0.05) is 0 Å². The minimum Gasteiger partial charge on any atom is -0.398 e. The van der Waals surface area contributed by atoms with Crippen molar-refractivity contribution in [2.24, 2.45) is 5.92 Å². The van der Waals surface area contributed by atoms with E-state index in [-0.39, 0.29) is 0 Å². The fourth-order valence-electron chi connectivity index (χ4n) is 2.70. The summed E-state index contributed by atoms with van der Waals surface area (Å²) in [5, 5.41) is 0. The topological polar surface area (TPSA) is 72.6 Å². The molecule has 5 nitrogen and oxygen atoms in total. The maximum atomic E-state index is 12.7. The molecule has 1 aromatic carbocycles. The van der Waals surface area contributed by atoms with Crippen molar-refractivity contribution in [3.63, 3.8) is 0 Å². The van der Waals surface area contributed by atoms with Crippen LogP contribution in [0.2, 0.25) is 0 Å². The summed E-state index contributed by atoms with van der Waals surface area (Å²) in [6.07, 6.45) is 1.68. The molecule has 2 rings (SSSR count). The molecule has 1 aliphatic heterocycles. The van der Waals surface area contributed by atoms with Gasteiger partial charge in [0.2, 0.25) is 10.0 Å². The lowest BCUT2D eigenvalue weighted by Gasteiger charge is -2.31. The lowest BCUT2D eigenvalue weighted by atomic mass is 9.99. The predicted octanol–water partition coefficient (Wildman–Crippen LogP) is 1.93. The molecule has 2 N–H and O–H groups in total. The van der Waals surface area contributed by atoms with E-state index in [1.807, 2.05) is 13.8 Å². The van der Waals surface area contributed by atoms with Gasteiger partial charge in [0.15, 0.2) is 0 Å². The monoisotopic (exact) mass is 312 g/mol. The van der Waals surface area contributed by atoms with Crippen molar-refractivity contribution in [2.75, 3.05) is 32.5 Å². The highest BCUT2D eigenvalue weighted by atomic mass is 32.2. The van der Waals surface area contributed by atoms with Crippen LogP contribution in [0.5, 0.6) is 0 Å². The van der Waals surface area contributed by atoms with Crippen molar-refractivity contribution in [1.82, 2.24) is 4.31 Å². The molecule has 1 saturated heterocycles. The third kappa shape index (κ3) is 3.39. The van der Waals surface area contributed by atoms with E-state index in [9.17, 15) is 8.42 Å². The van der Waals surface area contributed by atoms with Gasteiger partial charge in [-0.25, -0.2) is 8.42 Å². The largest absolute Gasteiger partial charge is 0.398 e. The van der Waals surface area contributed by atoms with Crippen LogP contribution in [-0.2, 0) is 14.8 Å². The van der Waals surface area contributed by atoms with Crippen molar-refractivity contribution >= 4 is 15.7 Å². The first kappa shape index (κ1) is 16.3. The SMILES string of the molecule is COCC1CCN(S(=O)(=O)c2cc(C)c(C)c(N)c2)CC1. The molecule has 1 aromatic rings. The van der Waals surface area contributed by atoms with Gasteiger partial charge in [-0.05, 0) is 55.9 Å². The molecule has 6 heteroatoms. The van der Waals surface area contributed by atoms with Crippen molar-refractivity contribution in [3.05, 3.63) is 23.3 Å². The molecule has 21 heavy (non-hydrogen) atoms. The zero-order valence-electron chi connectivity index (χ0n) is 12.9. The summed E-state index contributed by atoms with van der Waals surface area (Å²) in [7, 11) is -1.77. The molecule has 0 radical (unpaired) electrons. The third-order valence-electron chi connectivity index (χ3n) is 4.29. The number of rotatable bonds is 4. The van der Waals surface area contributed by atoms with Gasteiger partial charge in [0.05, 0.1) is 4.90 Å². The zero-order valence-corrected chi connectivity index (χ0v) is 13.7. The summed E-state index contributed by atoms with van der Waals surface area (Å²) in [5.41, 5.74) is 8.28. The van der Waals surface area contributed by atoms with Crippen molar-refractivity contribution in [2.45, 2.75) is 31.6 Å². The van der Waals surface area contributed by atoms with Crippen LogP contribution in [0.1, 0.15) is 24.0 Å². The lowest BCUT2D eigenvalue weighted by Crippen LogP contribution is -2.39. The molecule has 0 atom stereocenters. The standard InChI is InChI=1S/C15H24N2O3S/c1-11-8-14(9-15(16)12(11)2)21(18,19)17-6-4-13(5-7-17)10-20-3/h8-9,13H,4-7,10,16H2,1-3H3. The van der Waals surface area contributed by atoms with Crippen molar-refractivity contribution in [3.8, 4) is 0 Å². The van der Waals surface area contributed by atoms with Crippen LogP contribution in [0.4, 0.5) is 5.69 Å². The number of hydrogen-bond donors (Lipinski definition) is 1. The molecule has 0 bridgehead atoms. The highest BCUT2D eigenvalue weighted by Gasteiger charge is 2.29. The first-order valence-electron chi connectivity index (χ1n) is 7.22.